The number of nitrogens with zero attached hydrogens (tertiary/aromatic N) is 1. The molecule has 1 aliphatic rings. The number of carboxylic acids is 1. The number of methoxy groups -OCH3 is 1. The van der Waals surface area contributed by atoms with Crippen LogP contribution in [0.3, 0.4) is 0 Å². The van der Waals surface area contributed by atoms with E-state index in [0.29, 0.717) is 13.0 Å². The summed E-state index contributed by atoms with van der Waals surface area (Å²) in [7, 11) is 3.10. The smallest absolute Gasteiger partial charge is 0.326 e. The number of nitrogens with one attached hydrogen (secondary N) is 1. The first-order chi connectivity index (χ1) is 7.47. The molecule has 3 unspecified atom stereocenters. The van der Waals surface area contributed by atoms with E-state index in [4.69, 9.17) is 9.84 Å². The Labute approximate surface area is 94.6 Å². The number of carboxylic acid groups (broad SMARTS) is 1. The number of amides is 1. The largest absolute Gasteiger partial charge is 0.480 e. The lowest BCUT2D eigenvalue weighted by Crippen LogP contribution is -2.48. The third kappa shape index (κ3) is 2.70. The Kier molecular flexibility index (Phi) is 4.26. The van der Waals surface area contributed by atoms with E-state index in [-0.39, 0.29) is 18.1 Å². The molecule has 16 heavy (non-hydrogen) atoms. The predicted molar refractivity (Wildman–Crippen MR) is 57.1 cm³/mol. The van der Waals surface area contributed by atoms with Gasteiger partial charge in [0.2, 0.25) is 5.91 Å². The Morgan fingerprint density at radius 2 is 2.19 bits per heavy atom. The van der Waals surface area contributed by atoms with Crippen molar-refractivity contribution in [3.8, 4) is 0 Å². The van der Waals surface area contributed by atoms with E-state index in [0.717, 1.165) is 0 Å². The molecule has 1 saturated heterocycles. The van der Waals surface area contributed by atoms with Crippen molar-refractivity contribution in [2.24, 2.45) is 0 Å². The quantitative estimate of drug-likeness (QED) is 0.667. The first kappa shape index (κ1) is 12.9. The molecule has 0 bridgehead atoms. The van der Waals surface area contributed by atoms with Crippen LogP contribution >= 0.6 is 0 Å². The number of hydrogen-bond acceptors (Lipinski definition) is 4. The Morgan fingerprint density at radius 1 is 1.56 bits per heavy atom. The third-order valence-corrected chi connectivity index (χ3v) is 3.01. The van der Waals surface area contributed by atoms with Gasteiger partial charge in [-0.05, 0) is 13.3 Å². The molecule has 1 amide bonds. The minimum atomic E-state index is -1.00. The average Bonchev–Trinajstić information content (AvgIpc) is 2.74. The fourth-order valence-electron chi connectivity index (χ4n) is 1.67. The fraction of sp³-hybridized carbons (Fsp3) is 0.800. The normalized spacial score (nSPS) is 26.4. The minimum Gasteiger partial charge on any atom is -0.480 e. The van der Waals surface area contributed by atoms with Crippen LogP contribution in [-0.4, -0.2) is 60.8 Å². The maximum atomic E-state index is 11.9. The van der Waals surface area contributed by atoms with Crippen LogP contribution in [0.25, 0.3) is 0 Å². The van der Waals surface area contributed by atoms with E-state index in [1.165, 1.54) is 18.9 Å². The molecule has 1 heterocycles. The Balaban J connectivity index is 2.55. The summed E-state index contributed by atoms with van der Waals surface area (Å²) >= 11 is 0. The molecule has 2 N–H and O–H groups in total. The highest BCUT2D eigenvalue weighted by Gasteiger charge is 2.33. The second-order valence-corrected chi connectivity index (χ2v) is 4.02. The zero-order chi connectivity index (χ0) is 12.3. The molecule has 92 valence electrons. The van der Waals surface area contributed by atoms with Crippen molar-refractivity contribution in [1.82, 2.24) is 10.2 Å². The highest BCUT2D eigenvalue weighted by atomic mass is 16.5. The fourth-order valence-corrected chi connectivity index (χ4v) is 1.67. The number of rotatable bonds is 4. The van der Waals surface area contributed by atoms with Crippen LogP contribution < -0.4 is 5.32 Å². The second-order valence-electron chi connectivity index (χ2n) is 4.02. The van der Waals surface area contributed by atoms with Crippen LogP contribution in [0.2, 0.25) is 0 Å². The van der Waals surface area contributed by atoms with Gasteiger partial charge in [-0.3, -0.25) is 4.79 Å². The third-order valence-electron chi connectivity index (χ3n) is 3.01. The van der Waals surface area contributed by atoms with E-state index in [2.05, 4.69) is 5.32 Å². The molecule has 0 aliphatic carbocycles. The van der Waals surface area contributed by atoms with E-state index in [1.54, 1.807) is 7.11 Å². The zero-order valence-electron chi connectivity index (χ0n) is 9.77. The van der Waals surface area contributed by atoms with Gasteiger partial charge in [0.1, 0.15) is 6.04 Å². The maximum absolute atomic E-state index is 11.9. The van der Waals surface area contributed by atoms with Crippen molar-refractivity contribution in [3.05, 3.63) is 0 Å². The Bertz CT molecular complexity index is 282. The molecule has 1 fully saturated rings. The SMILES string of the molecule is COC1CNC(C(=O)N(C)C(C)C(=O)O)C1. The van der Waals surface area contributed by atoms with Gasteiger partial charge in [-0.15, -0.1) is 0 Å². The lowest BCUT2D eigenvalue weighted by atomic mass is 10.1. The van der Waals surface area contributed by atoms with Gasteiger partial charge in [0.15, 0.2) is 0 Å². The van der Waals surface area contributed by atoms with Gasteiger partial charge in [-0.2, -0.15) is 0 Å². The van der Waals surface area contributed by atoms with Gasteiger partial charge in [0.25, 0.3) is 0 Å². The van der Waals surface area contributed by atoms with Gasteiger partial charge in [0, 0.05) is 20.7 Å². The van der Waals surface area contributed by atoms with Crippen LogP contribution in [0.1, 0.15) is 13.3 Å². The van der Waals surface area contributed by atoms with E-state index >= 15 is 0 Å². The van der Waals surface area contributed by atoms with Gasteiger partial charge in [-0.25, -0.2) is 4.79 Å². The highest BCUT2D eigenvalue weighted by Crippen LogP contribution is 2.12. The van der Waals surface area contributed by atoms with E-state index in [9.17, 15) is 9.59 Å². The average molecular weight is 230 g/mol. The standard InChI is InChI=1S/C10H18N2O4/c1-6(10(14)15)12(2)9(13)8-4-7(16-3)5-11-8/h6-8,11H,4-5H2,1-3H3,(H,14,15). The summed E-state index contributed by atoms with van der Waals surface area (Å²) in [6.45, 7) is 2.12. The molecule has 6 heteroatoms. The van der Waals surface area contributed by atoms with E-state index < -0.39 is 12.0 Å². The predicted octanol–water partition coefficient (Wildman–Crippen LogP) is -0.705. The highest BCUT2D eigenvalue weighted by molar-refractivity contribution is 5.86. The maximum Gasteiger partial charge on any atom is 0.326 e. The molecule has 0 saturated carbocycles. The molecule has 0 aromatic carbocycles. The molecule has 1 rings (SSSR count). The van der Waals surface area contributed by atoms with Crippen molar-refractivity contribution in [1.29, 1.82) is 0 Å². The zero-order valence-corrected chi connectivity index (χ0v) is 9.77. The van der Waals surface area contributed by atoms with Crippen molar-refractivity contribution in [2.45, 2.75) is 31.5 Å². The van der Waals surface area contributed by atoms with Crippen LogP contribution in [0.4, 0.5) is 0 Å². The molecular weight excluding hydrogens is 212 g/mol. The summed E-state index contributed by atoms with van der Waals surface area (Å²) in [5.41, 5.74) is 0. The lowest BCUT2D eigenvalue weighted by Gasteiger charge is -2.24. The van der Waals surface area contributed by atoms with Gasteiger partial charge in [0.05, 0.1) is 12.1 Å². The molecule has 0 aromatic rings. The first-order valence-electron chi connectivity index (χ1n) is 5.23. The van der Waals surface area contributed by atoms with Crippen molar-refractivity contribution < 1.29 is 19.4 Å². The van der Waals surface area contributed by atoms with Gasteiger partial charge < -0.3 is 20.1 Å². The number of carbonyl (C=O) groups is 2. The number of carbonyl (C=O) groups excluding carboxylic acids is 1. The van der Waals surface area contributed by atoms with Crippen molar-refractivity contribution in [2.75, 3.05) is 20.7 Å². The van der Waals surface area contributed by atoms with Crippen molar-refractivity contribution in [3.63, 3.8) is 0 Å². The van der Waals surface area contributed by atoms with Gasteiger partial charge in [-0.1, -0.05) is 0 Å². The molecule has 0 radical (unpaired) electrons. The molecule has 0 spiro atoms. The summed E-state index contributed by atoms with van der Waals surface area (Å²) in [5.74, 6) is -1.20. The molecule has 0 aromatic heterocycles. The second kappa shape index (κ2) is 5.27. The molecule has 6 nitrogen and oxygen atoms in total. The summed E-state index contributed by atoms with van der Waals surface area (Å²) < 4.78 is 5.13. The summed E-state index contributed by atoms with van der Waals surface area (Å²) in [6.07, 6.45) is 0.619. The van der Waals surface area contributed by atoms with Crippen LogP contribution in [-0.2, 0) is 14.3 Å². The first-order valence-corrected chi connectivity index (χ1v) is 5.23. The van der Waals surface area contributed by atoms with Crippen molar-refractivity contribution >= 4 is 11.9 Å². The molecular formula is C10H18N2O4. The lowest BCUT2D eigenvalue weighted by molar-refractivity contribution is -0.148. The monoisotopic (exact) mass is 230 g/mol. The Morgan fingerprint density at radius 3 is 2.62 bits per heavy atom. The minimum absolute atomic E-state index is 0.0301. The summed E-state index contributed by atoms with van der Waals surface area (Å²) in [6, 6.07) is -1.15. The number of aliphatic carboxylic acids is 1. The number of hydrogen-bond donors (Lipinski definition) is 2. The summed E-state index contributed by atoms with van der Waals surface area (Å²) in [5, 5.41) is 11.8. The number of ether oxygens (including phenoxy) is 1. The summed E-state index contributed by atoms with van der Waals surface area (Å²) in [4.78, 5) is 23.9. The Hall–Kier alpha value is -1.14. The molecule has 1 aliphatic heterocycles. The topological polar surface area (TPSA) is 78.9 Å². The van der Waals surface area contributed by atoms with Crippen LogP contribution in [0.5, 0.6) is 0 Å². The van der Waals surface area contributed by atoms with Crippen LogP contribution in [0, 0.1) is 0 Å². The number of likely N-dealkylation sites (N-methyl/N-ethyl adjacent to an activating group) is 1. The molecule has 3 atom stereocenters. The van der Waals surface area contributed by atoms with Crippen LogP contribution in [0.15, 0.2) is 0 Å². The van der Waals surface area contributed by atoms with E-state index in [1.807, 2.05) is 0 Å². The van der Waals surface area contributed by atoms with Gasteiger partial charge >= 0.3 is 5.97 Å².